The molecule has 1 unspecified atom stereocenters. The van der Waals surface area contributed by atoms with Gasteiger partial charge in [-0.05, 0) is 84.9 Å². The van der Waals surface area contributed by atoms with Crippen LogP contribution in [0.3, 0.4) is 0 Å². The van der Waals surface area contributed by atoms with Crippen molar-refractivity contribution in [3.63, 3.8) is 0 Å². The normalized spacial score (nSPS) is 13.1. The zero-order chi connectivity index (χ0) is 26.0. The average molecular weight is 477 g/mol. The molecule has 0 spiro atoms. The van der Waals surface area contributed by atoms with Crippen LogP contribution in [0.2, 0.25) is 0 Å². The molecule has 0 radical (unpaired) electrons. The van der Waals surface area contributed by atoms with Gasteiger partial charge in [-0.15, -0.1) is 0 Å². The largest absolute Gasteiger partial charge is 0.475 e. The zero-order valence-electron chi connectivity index (χ0n) is 22.2. The standard InChI is InChI=1S/C31H40O4/c1-8-31(9-2,23-12-10-22(20(3)18-23)11-17-28(32)30(5,6)7)24-13-14-25(21(4)19-24)26-15-16-27(35-26)29(33)34/h10,12-16,18-19,28,32H,8-9,11,17H2,1-7H3,(H,33,34). The van der Waals surface area contributed by atoms with Gasteiger partial charge in [0.05, 0.1) is 6.10 Å². The van der Waals surface area contributed by atoms with Crippen LogP contribution in [-0.4, -0.2) is 22.3 Å². The van der Waals surface area contributed by atoms with Crippen LogP contribution in [0.15, 0.2) is 52.9 Å². The van der Waals surface area contributed by atoms with E-state index in [-0.39, 0.29) is 22.7 Å². The minimum atomic E-state index is -1.06. The lowest BCUT2D eigenvalue weighted by Gasteiger charge is -2.34. The molecular formula is C31H40O4. The third-order valence-corrected chi connectivity index (χ3v) is 7.65. The number of furan rings is 1. The highest BCUT2D eigenvalue weighted by molar-refractivity contribution is 5.85. The second-order valence-corrected chi connectivity index (χ2v) is 10.8. The molecule has 0 bridgehead atoms. The van der Waals surface area contributed by atoms with Crippen molar-refractivity contribution in [3.05, 3.63) is 82.1 Å². The van der Waals surface area contributed by atoms with Crippen molar-refractivity contribution in [1.29, 1.82) is 0 Å². The molecule has 0 aliphatic carbocycles. The number of aliphatic hydroxyl groups excluding tert-OH is 1. The number of carboxylic acids is 1. The number of rotatable bonds is 9. The lowest BCUT2D eigenvalue weighted by Crippen LogP contribution is -2.27. The summed E-state index contributed by atoms with van der Waals surface area (Å²) in [7, 11) is 0. The van der Waals surface area contributed by atoms with Crippen LogP contribution >= 0.6 is 0 Å². The highest BCUT2D eigenvalue weighted by atomic mass is 16.4. The first-order chi connectivity index (χ1) is 16.4. The molecule has 0 saturated heterocycles. The van der Waals surface area contributed by atoms with Gasteiger partial charge in [-0.1, -0.05) is 71.0 Å². The van der Waals surface area contributed by atoms with Crippen molar-refractivity contribution in [3.8, 4) is 11.3 Å². The van der Waals surface area contributed by atoms with Crippen LogP contribution < -0.4 is 0 Å². The number of hydrogen-bond donors (Lipinski definition) is 2. The fraction of sp³-hybridized carbons (Fsp3) is 0.452. The first-order valence-electron chi connectivity index (χ1n) is 12.7. The van der Waals surface area contributed by atoms with Crippen molar-refractivity contribution < 1.29 is 19.4 Å². The Bertz CT molecular complexity index is 1170. The van der Waals surface area contributed by atoms with E-state index in [9.17, 15) is 15.0 Å². The number of aromatic carboxylic acids is 1. The SMILES string of the molecule is CCC(CC)(c1ccc(CCC(O)C(C)(C)C)c(C)c1)c1ccc(-c2ccc(C(=O)O)o2)c(C)c1. The Balaban J connectivity index is 1.93. The zero-order valence-corrected chi connectivity index (χ0v) is 22.2. The number of benzene rings is 2. The lowest BCUT2D eigenvalue weighted by molar-refractivity contribution is 0.0559. The van der Waals surface area contributed by atoms with E-state index >= 15 is 0 Å². The van der Waals surface area contributed by atoms with Crippen molar-refractivity contribution in [2.75, 3.05) is 0 Å². The van der Waals surface area contributed by atoms with E-state index in [1.807, 2.05) is 13.0 Å². The summed E-state index contributed by atoms with van der Waals surface area (Å²) in [6, 6.07) is 16.4. The van der Waals surface area contributed by atoms with Crippen molar-refractivity contribution in [1.82, 2.24) is 0 Å². The molecule has 0 amide bonds. The maximum Gasteiger partial charge on any atom is 0.371 e. The van der Waals surface area contributed by atoms with Crippen LogP contribution in [0.25, 0.3) is 11.3 Å². The summed E-state index contributed by atoms with van der Waals surface area (Å²) in [4.78, 5) is 11.2. The maximum atomic E-state index is 11.2. The Morgan fingerprint density at radius 1 is 0.914 bits per heavy atom. The van der Waals surface area contributed by atoms with E-state index in [4.69, 9.17) is 4.42 Å². The molecule has 2 N–H and O–H groups in total. The molecule has 1 aromatic heterocycles. The molecule has 1 atom stereocenters. The highest BCUT2D eigenvalue weighted by Crippen LogP contribution is 2.41. The lowest BCUT2D eigenvalue weighted by atomic mass is 9.69. The van der Waals surface area contributed by atoms with Gasteiger partial charge in [0, 0.05) is 11.0 Å². The quantitative estimate of drug-likeness (QED) is 0.332. The number of aliphatic hydroxyl groups is 1. The van der Waals surface area contributed by atoms with Gasteiger partial charge in [0.1, 0.15) is 5.76 Å². The Hall–Kier alpha value is -2.85. The van der Waals surface area contributed by atoms with Crippen LogP contribution in [0, 0.1) is 19.3 Å². The summed E-state index contributed by atoms with van der Waals surface area (Å²) in [5, 5.41) is 19.7. The fourth-order valence-electron chi connectivity index (χ4n) is 5.07. The molecule has 0 aliphatic heterocycles. The fourth-order valence-corrected chi connectivity index (χ4v) is 5.07. The summed E-state index contributed by atoms with van der Waals surface area (Å²) >= 11 is 0. The smallest absolute Gasteiger partial charge is 0.371 e. The van der Waals surface area contributed by atoms with Crippen LogP contribution in [0.1, 0.15) is 92.3 Å². The summed E-state index contributed by atoms with van der Waals surface area (Å²) in [6.45, 7) is 14.9. The number of carboxylic acid groups (broad SMARTS) is 1. The van der Waals surface area contributed by atoms with Gasteiger partial charge in [-0.2, -0.15) is 0 Å². The Labute approximate surface area is 210 Å². The number of aryl methyl sites for hydroxylation is 3. The van der Waals surface area contributed by atoms with Crippen molar-refractivity contribution in [2.45, 2.75) is 85.7 Å². The molecule has 0 fully saturated rings. The molecule has 2 aromatic carbocycles. The second-order valence-electron chi connectivity index (χ2n) is 10.8. The molecule has 4 nitrogen and oxygen atoms in total. The van der Waals surface area contributed by atoms with Gasteiger partial charge < -0.3 is 14.6 Å². The monoisotopic (exact) mass is 476 g/mol. The predicted molar refractivity (Wildman–Crippen MR) is 142 cm³/mol. The Kier molecular flexibility index (Phi) is 7.96. The first-order valence-corrected chi connectivity index (χ1v) is 12.7. The van der Waals surface area contributed by atoms with Gasteiger partial charge >= 0.3 is 5.97 Å². The highest BCUT2D eigenvalue weighted by Gasteiger charge is 2.32. The number of carbonyl (C=O) groups is 1. The van der Waals surface area contributed by atoms with Gasteiger partial charge in [-0.3, -0.25) is 0 Å². The minimum absolute atomic E-state index is 0.0504. The average Bonchev–Trinajstić information content (AvgIpc) is 3.29. The third-order valence-electron chi connectivity index (χ3n) is 7.65. The van der Waals surface area contributed by atoms with Gasteiger partial charge in [-0.25, -0.2) is 4.79 Å². The summed E-state index contributed by atoms with van der Waals surface area (Å²) in [5.41, 5.74) is 6.85. The van der Waals surface area contributed by atoms with E-state index < -0.39 is 5.97 Å². The molecule has 3 rings (SSSR count). The van der Waals surface area contributed by atoms with Crippen LogP contribution in [-0.2, 0) is 11.8 Å². The first kappa shape index (κ1) is 26.7. The molecule has 4 heteroatoms. The molecule has 3 aromatic rings. The Morgan fingerprint density at radius 2 is 1.51 bits per heavy atom. The van der Waals surface area contributed by atoms with Crippen LogP contribution in [0.5, 0.6) is 0 Å². The number of hydrogen-bond acceptors (Lipinski definition) is 3. The molecule has 35 heavy (non-hydrogen) atoms. The van der Waals surface area contributed by atoms with Crippen molar-refractivity contribution >= 4 is 5.97 Å². The third kappa shape index (κ3) is 5.54. The summed E-state index contributed by atoms with van der Waals surface area (Å²) in [6.07, 6.45) is 3.23. The van der Waals surface area contributed by atoms with Crippen LogP contribution in [0.4, 0.5) is 0 Å². The summed E-state index contributed by atoms with van der Waals surface area (Å²) < 4.78 is 5.55. The second kappa shape index (κ2) is 10.4. The maximum absolute atomic E-state index is 11.2. The molecule has 188 valence electrons. The van der Waals surface area contributed by atoms with E-state index in [1.54, 1.807) is 6.07 Å². The van der Waals surface area contributed by atoms with Gasteiger partial charge in [0.15, 0.2) is 0 Å². The molecule has 0 saturated carbocycles. The predicted octanol–water partition coefficient (Wildman–Crippen LogP) is 7.71. The van der Waals surface area contributed by atoms with E-state index in [1.165, 1.54) is 28.3 Å². The molecule has 1 heterocycles. The minimum Gasteiger partial charge on any atom is -0.475 e. The molecule has 0 aliphatic rings. The topological polar surface area (TPSA) is 70.7 Å². The van der Waals surface area contributed by atoms with E-state index in [0.29, 0.717) is 5.76 Å². The van der Waals surface area contributed by atoms with Gasteiger partial charge in [0.2, 0.25) is 5.76 Å². The van der Waals surface area contributed by atoms with E-state index in [0.717, 1.165) is 36.8 Å². The van der Waals surface area contributed by atoms with Crippen molar-refractivity contribution in [2.24, 2.45) is 5.41 Å². The van der Waals surface area contributed by atoms with Gasteiger partial charge in [0.25, 0.3) is 0 Å². The Morgan fingerprint density at radius 3 is 2.00 bits per heavy atom. The summed E-state index contributed by atoms with van der Waals surface area (Å²) in [5.74, 6) is -0.540. The van der Waals surface area contributed by atoms with E-state index in [2.05, 4.69) is 71.9 Å². The molecular weight excluding hydrogens is 436 g/mol.